The number of nitrogens with zero attached hydrogens (tertiary/aromatic N) is 2. The number of amidine groups is 1. The Morgan fingerprint density at radius 2 is 1.53 bits per heavy atom. The first-order chi connectivity index (χ1) is 15.6. The number of likely N-dealkylation sites (tertiary alicyclic amines) is 1. The molecule has 3 aromatic carbocycles. The van der Waals surface area contributed by atoms with Gasteiger partial charge in [-0.2, -0.15) is 0 Å². The lowest BCUT2D eigenvalue weighted by Gasteiger charge is -2.34. The standard InChI is InChI=1S/C27H30N4O/c28-26(30-18-16-22(17-19-30)15-14-21-8-3-1-4-9-21)23-10-7-13-25(20-23)31(27(29)32)24-11-5-2-6-12-24/h1-13,20,22,28H,14-19H2,(H2,29,32). The van der Waals surface area contributed by atoms with Crippen molar-refractivity contribution in [3.05, 3.63) is 96.1 Å². The Balaban J connectivity index is 1.39. The first kappa shape index (κ1) is 21.6. The van der Waals surface area contributed by atoms with Crippen LogP contribution in [0.2, 0.25) is 0 Å². The predicted octanol–water partition coefficient (Wildman–Crippen LogP) is 5.57. The number of hydrogen-bond donors (Lipinski definition) is 2. The fourth-order valence-electron chi connectivity index (χ4n) is 4.42. The van der Waals surface area contributed by atoms with E-state index in [1.54, 1.807) is 0 Å². The van der Waals surface area contributed by atoms with Crippen molar-refractivity contribution in [1.82, 2.24) is 4.90 Å². The average molecular weight is 427 g/mol. The molecule has 164 valence electrons. The van der Waals surface area contributed by atoms with Crippen LogP contribution in [0.15, 0.2) is 84.9 Å². The number of benzene rings is 3. The van der Waals surface area contributed by atoms with Gasteiger partial charge in [-0.15, -0.1) is 0 Å². The van der Waals surface area contributed by atoms with Gasteiger partial charge in [-0.3, -0.25) is 10.3 Å². The van der Waals surface area contributed by atoms with Crippen LogP contribution in [0.4, 0.5) is 16.2 Å². The second-order valence-corrected chi connectivity index (χ2v) is 8.36. The maximum Gasteiger partial charge on any atom is 0.323 e. The highest BCUT2D eigenvalue weighted by molar-refractivity contribution is 6.01. The number of hydrogen-bond acceptors (Lipinski definition) is 2. The average Bonchev–Trinajstić information content (AvgIpc) is 2.84. The van der Waals surface area contributed by atoms with Crippen molar-refractivity contribution in [2.75, 3.05) is 18.0 Å². The van der Waals surface area contributed by atoms with Crippen molar-refractivity contribution < 1.29 is 4.79 Å². The molecule has 0 spiro atoms. The molecule has 5 heteroatoms. The number of carbonyl (C=O) groups excluding carboxylic acids is 1. The summed E-state index contributed by atoms with van der Waals surface area (Å²) >= 11 is 0. The van der Waals surface area contributed by atoms with Crippen LogP contribution in [0.1, 0.15) is 30.4 Å². The number of aryl methyl sites for hydroxylation is 1. The molecule has 0 aliphatic carbocycles. The van der Waals surface area contributed by atoms with E-state index in [2.05, 4.69) is 35.2 Å². The molecule has 0 atom stereocenters. The van der Waals surface area contributed by atoms with Crippen molar-refractivity contribution in [2.45, 2.75) is 25.7 Å². The maximum absolute atomic E-state index is 12.2. The van der Waals surface area contributed by atoms with E-state index in [1.165, 1.54) is 16.9 Å². The number of primary amides is 1. The van der Waals surface area contributed by atoms with Crippen LogP contribution in [0, 0.1) is 11.3 Å². The molecule has 1 saturated heterocycles. The molecular weight excluding hydrogens is 396 g/mol. The third kappa shape index (κ3) is 5.17. The van der Waals surface area contributed by atoms with Gasteiger partial charge in [0.2, 0.25) is 0 Å². The van der Waals surface area contributed by atoms with Gasteiger partial charge in [0, 0.05) is 18.7 Å². The zero-order chi connectivity index (χ0) is 22.3. The molecule has 0 aromatic heterocycles. The minimum atomic E-state index is -0.542. The van der Waals surface area contributed by atoms with Crippen LogP contribution in [-0.2, 0) is 6.42 Å². The summed E-state index contributed by atoms with van der Waals surface area (Å²) in [5, 5.41) is 8.77. The fourth-order valence-corrected chi connectivity index (χ4v) is 4.42. The SMILES string of the molecule is N=C(c1cccc(N(C(N)=O)c2ccccc2)c1)N1CCC(CCc2ccccc2)CC1. The van der Waals surface area contributed by atoms with E-state index in [0.717, 1.165) is 37.9 Å². The van der Waals surface area contributed by atoms with Crippen molar-refractivity contribution >= 4 is 23.2 Å². The lowest BCUT2D eigenvalue weighted by atomic mass is 9.90. The molecule has 1 aliphatic rings. The lowest BCUT2D eigenvalue weighted by Crippen LogP contribution is -2.38. The number of nitrogens with two attached hydrogens (primary N) is 1. The molecule has 1 fully saturated rings. The Labute approximate surface area is 190 Å². The molecular formula is C27H30N4O. The summed E-state index contributed by atoms with van der Waals surface area (Å²) in [5.74, 6) is 1.21. The van der Waals surface area contributed by atoms with Gasteiger partial charge in [0.15, 0.2) is 0 Å². The van der Waals surface area contributed by atoms with E-state index < -0.39 is 6.03 Å². The monoisotopic (exact) mass is 426 g/mol. The number of carbonyl (C=O) groups is 1. The molecule has 0 unspecified atom stereocenters. The van der Waals surface area contributed by atoms with Crippen LogP contribution in [0.5, 0.6) is 0 Å². The molecule has 2 amide bonds. The van der Waals surface area contributed by atoms with E-state index >= 15 is 0 Å². The minimum Gasteiger partial charge on any atom is -0.357 e. The van der Waals surface area contributed by atoms with Crippen molar-refractivity contribution in [3.63, 3.8) is 0 Å². The van der Waals surface area contributed by atoms with E-state index in [0.29, 0.717) is 23.1 Å². The van der Waals surface area contributed by atoms with Gasteiger partial charge in [0.25, 0.3) is 0 Å². The molecule has 0 bridgehead atoms. The van der Waals surface area contributed by atoms with Crippen molar-refractivity contribution in [3.8, 4) is 0 Å². The van der Waals surface area contributed by atoms with Gasteiger partial charge in [0.1, 0.15) is 5.84 Å². The van der Waals surface area contributed by atoms with E-state index in [1.807, 2.05) is 54.6 Å². The van der Waals surface area contributed by atoms with Crippen LogP contribution in [-0.4, -0.2) is 29.9 Å². The van der Waals surface area contributed by atoms with Crippen LogP contribution < -0.4 is 10.6 Å². The highest BCUT2D eigenvalue weighted by Crippen LogP contribution is 2.28. The topological polar surface area (TPSA) is 73.4 Å². The van der Waals surface area contributed by atoms with Crippen molar-refractivity contribution in [2.24, 2.45) is 11.7 Å². The lowest BCUT2D eigenvalue weighted by molar-refractivity contribution is 0.255. The van der Waals surface area contributed by atoms with Gasteiger partial charge >= 0.3 is 6.03 Å². The second kappa shape index (κ2) is 10.1. The number of amides is 2. The first-order valence-corrected chi connectivity index (χ1v) is 11.2. The largest absolute Gasteiger partial charge is 0.357 e. The minimum absolute atomic E-state index is 0.505. The second-order valence-electron chi connectivity index (χ2n) is 8.36. The van der Waals surface area contributed by atoms with Crippen LogP contribution in [0.3, 0.4) is 0 Å². The van der Waals surface area contributed by atoms with Gasteiger partial charge in [0.05, 0.1) is 11.4 Å². The predicted molar refractivity (Wildman–Crippen MR) is 130 cm³/mol. The van der Waals surface area contributed by atoms with Gasteiger partial charge in [-0.1, -0.05) is 60.7 Å². The quantitative estimate of drug-likeness (QED) is 0.399. The van der Waals surface area contributed by atoms with E-state index in [-0.39, 0.29) is 0 Å². The number of anilines is 2. The first-order valence-electron chi connectivity index (χ1n) is 11.2. The van der Waals surface area contributed by atoms with Gasteiger partial charge in [-0.25, -0.2) is 4.79 Å². The Morgan fingerprint density at radius 3 is 2.19 bits per heavy atom. The number of para-hydroxylation sites is 1. The van der Waals surface area contributed by atoms with Gasteiger partial charge in [-0.05, 0) is 61.4 Å². The normalized spacial score (nSPS) is 14.2. The van der Waals surface area contributed by atoms with E-state index in [9.17, 15) is 4.79 Å². The highest BCUT2D eigenvalue weighted by atomic mass is 16.2. The number of nitrogens with one attached hydrogen (secondary N) is 1. The fraction of sp³-hybridized carbons (Fsp3) is 0.259. The maximum atomic E-state index is 12.2. The molecule has 3 N–H and O–H groups in total. The third-order valence-corrected chi connectivity index (χ3v) is 6.23. The molecule has 1 heterocycles. The van der Waals surface area contributed by atoms with Crippen LogP contribution in [0.25, 0.3) is 0 Å². The summed E-state index contributed by atoms with van der Waals surface area (Å²) in [6, 6.07) is 27.0. The Hall–Kier alpha value is -3.60. The van der Waals surface area contributed by atoms with E-state index in [4.69, 9.17) is 11.1 Å². The molecule has 5 nitrogen and oxygen atoms in total. The smallest absolute Gasteiger partial charge is 0.323 e. The third-order valence-electron chi connectivity index (χ3n) is 6.23. The Bertz CT molecular complexity index is 1040. The highest BCUT2D eigenvalue weighted by Gasteiger charge is 2.22. The molecule has 0 saturated carbocycles. The summed E-state index contributed by atoms with van der Waals surface area (Å²) in [4.78, 5) is 15.8. The summed E-state index contributed by atoms with van der Waals surface area (Å²) < 4.78 is 0. The molecule has 3 aromatic rings. The number of rotatable bonds is 6. The van der Waals surface area contributed by atoms with Gasteiger partial charge < -0.3 is 10.6 Å². The Kier molecular flexibility index (Phi) is 6.85. The van der Waals surface area contributed by atoms with Crippen molar-refractivity contribution in [1.29, 1.82) is 5.41 Å². The number of piperidine rings is 1. The Morgan fingerprint density at radius 1 is 0.906 bits per heavy atom. The summed E-state index contributed by atoms with van der Waals surface area (Å²) in [6.07, 6.45) is 4.53. The molecule has 32 heavy (non-hydrogen) atoms. The summed E-state index contributed by atoms with van der Waals surface area (Å²) in [7, 11) is 0. The summed E-state index contributed by atoms with van der Waals surface area (Å²) in [5.41, 5.74) is 9.26. The summed E-state index contributed by atoms with van der Waals surface area (Å²) in [6.45, 7) is 1.78. The zero-order valence-corrected chi connectivity index (χ0v) is 18.3. The molecule has 1 aliphatic heterocycles. The van der Waals surface area contributed by atoms with Crippen LogP contribution >= 0.6 is 0 Å². The molecule has 4 rings (SSSR count). The zero-order valence-electron chi connectivity index (χ0n) is 18.3. The number of urea groups is 1. The molecule has 0 radical (unpaired) electrons.